The summed E-state index contributed by atoms with van der Waals surface area (Å²) < 4.78 is 5.65. The van der Waals surface area contributed by atoms with Crippen molar-refractivity contribution < 1.29 is 4.42 Å². The van der Waals surface area contributed by atoms with Crippen LogP contribution >= 0.6 is 0 Å². The summed E-state index contributed by atoms with van der Waals surface area (Å²) >= 11 is 0. The molecular formula is C14H14O2. The van der Waals surface area contributed by atoms with Crippen LogP contribution in [0.25, 0.3) is 11.0 Å². The Balaban J connectivity index is 2.50. The van der Waals surface area contributed by atoms with E-state index in [2.05, 4.69) is 0 Å². The standard InChI is InChI=1S/C14H14O2/c1-10(2)7-8-11-9-13(15)12-5-3-4-6-14(12)16-11/h3-7,9H,8H2,1-2H3. The third kappa shape index (κ3) is 2.22. The molecule has 0 aliphatic rings. The Hall–Kier alpha value is -1.83. The second kappa shape index (κ2) is 4.35. The Morgan fingerprint density at radius 3 is 2.81 bits per heavy atom. The molecule has 0 amide bonds. The smallest absolute Gasteiger partial charge is 0.192 e. The van der Waals surface area contributed by atoms with Crippen LogP contribution in [-0.4, -0.2) is 0 Å². The number of hydrogen-bond acceptors (Lipinski definition) is 2. The number of benzene rings is 1. The van der Waals surface area contributed by atoms with Gasteiger partial charge in [-0.25, -0.2) is 0 Å². The summed E-state index contributed by atoms with van der Waals surface area (Å²) in [5.74, 6) is 0.713. The average molecular weight is 214 g/mol. The lowest BCUT2D eigenvalue weighted by Gasteiger charge is -2.00. The largest absolute Gasteiger partial charge is 0.460 e. The molecule has 0 aliphatic heterocycles. The summed E-state index contributed by atoms with van der Waals surface area (Å²) in [6.07, 6.45) is 2.72. The minimum absolute atomic E-state index is 0.0269. The molecule has 0 saturated heterocycles. The third-order valence-corrected chi connectivity index (χ3v) is 2.40. The second-order valence-corrected chi connectivity index (χ2v) is 4.06. The van der Waals surface area contributed by atoms with E-state index in [0.29, 0.717) is 23.2 Å². The van der Waals surface area contributed by atoms with Crippen LogP contribution in [0.4, 0.5) is 0 Å². The van der Waals surface area contributed by atoms with Crippen molar-refractivity contribution in [1.82, 2.24) is 0 Å². The Labute approximate surface area is 94.2 Å². The minimum Gasteiger partial charge on any atom is -0.460 e. The molecule has 0 fully saturated rings. The molecule has 2 rings (SSSR count). The van der Waals surface area contributed by atoms with Crippen LogP contribution < -0.4 is 5.43 Å². The maximum absolute atomic E-state index is 11.8. The Morgan fingerprint density at radius 2 is 2.06 bits per heavy atom. The van der Waals surface area contributed by atoms with Crippen molar-refractivity contribution in [3.05, 3.63) is 58.0 Å². The van der Waals surface area contributed by atoms with Gasteiger partial charge in [-0.05, 0) is 26.0 Å². The number of rotatable bonds is 2. The van der Waals surface area contributed by atoms with Crippen molar-refractivity contribution in [2.45, 2.75) is 20.3 Å². The molecule has 16 heavy (non-hydrogen) atoms. The van der Waals surface area contributed by atoms with Gasteiger partial charge in [-0.3, -0.25) is 4.79 Å². The molecular weight excluding hydrogens is 200 g/mol. The zero-order valence-electron chi connectivity index (χ0n) is 9.49. The van der Waals surface area contributed by atoms with E-state index in [9.17, 15) is 4.79 Å². The summed E-state index contributed by atoms with van der Waals surface area (Å²) in [6, 6.07) is 8.89. The Bertz CT molecular complexity index is 587. The fraction of sp³-hybridized carbons (Fsp3) is 0.214. The first-order valence-corrected chi connectivity index (χ1v) is 5.32. The first kappa shape index (κ1) is 10.7. The van der Waals surface area contributed by atoms with Crippen LogP contribution in [0.1, 0.15) is 19.6 Å². The van der Waals surface area contributed by atoms with Gasteiger partial charge in [0.05, 0.1) is 5.39 Å². The molecule has 0 aliphatic carbocycles. The second-order valence-electron chi connectivity index (χ2n) is 4.06. The van der Waals surface area contributed by atoms with Crippen LogP contribution in [0.3, 0.4) is 0 Å². The highest BCUT2D eigenvalue weighted by Crippen LogP contribution is 2.12. The van der Waals surface area contributed by atoms with Crippen molar-refractivity contribution in [3.63, 3.8) is 0 Å². The van der Waals surface area contributed by atoms with Crippen LogP contribution in [-0.2, 0) is 6.42 Å². The first-order chi connectivity index (χ1) is 7.66. The highest BCUT2D eigenvalue weighted by Gasteiger charge is 2.02. The van der Waals surface area contributed by atoms with Crippen molar-refractivity contribution >= 4 is 11.0 Å². The molecule has 0 N–H and O–H groups in total. The van der Waals surface area contributed by atoms with Gasteiger partial charge < -0.3 is 4.42 Å². The molecule has 2 nitrogen and oxygen atoms in total. The number of fused-ring (bicyclic) bond motifs is 1. The van der Waals surface area contributed by atoms with Gasteiger partial charge in [-0.1, -0.05) is 23.8 Å². The Kier molecular flexibility index (Phi) is 2.91. The van der Waals surface area contributed by atoms with Crippen molar-refractivity contribution in [2.24, 2.45) is 0 Å². The molecule has 2 heteroatoms. The molecule has 1 aromatic heterocycles. The van der Waals surface area contributed by atoms with Gasteiger partial charge in [0.2, 0.25) is 0 Å². The highest BCUT2D eigenvalue weighted by molar-refractivity contribution is 5.76. The van der Waals surface area contributed by atoms with E-state index in [1.807, 2.05) is 38.1 Å². The van der Waals surface area contributed by atoms with Crippen molar-refractivity contribution in [1.29, 1.82) is 0 Å². The van der Waals surface area contributed by atoms with Crippen LogP contribution in [0.15, 0.2) is 51.2 Å². The number of allylic oxidation sites excluding steroid dienone is 2. The van der Waals surface area contributed by atoms with Gasteiger partial charge in [-0.2, -0.15) is 0 Å². The van der Waals surface area contributed by atoms with Gasteiger partial charge in [-0.15, -0.1) is 0 Å². The molecule has 1 aromatic carbocycles. The average Bonchev–Trinajstić information content (AvgIpc) is 2.26. The molecule has 0 saturated carbocycles. The van der Waals surface area contributed by atoms with E-state index in [1.165, 1.54) is 5.57 Å². The quantitative estimate of drug-likeness (QED) is 0.718. The van der Waals surface area contributed by atoms with E-state index in [1.54, 1.807) is 12.1 Å². The fourth-order valence-corrected chi connectivity index (χ4v) is 1.56. The molecule has 0 radical (unpaired) electrons. The third-order valence-electron chi connectivity index (χ3n) is 2.40. The first-order valence-electron chi connectivity index (χ1n) is 5.32. The summed E-state index contributed by atoms with van der Waals surface area (Å²) in [4.78, 5) is 11.8. The van der Waals surface area contributed by atoms with Crippen LogP contribution in [0.2, 0.25) is 0 Å². The van der Waals surface area contributed by atoms with Gasteiger partial charge in [0, 0.05) is 12.5 Å². The van der Waals surface area contributed by atoms with E-state index >= 15 is 0 Å². The fourth-order valence-electron chi connectivity index (χ4n) is 1.56. The molecule has 2 aromatic rings. The zero-order chi connectivity index (χ0) is 11.5. The lowest BCUT2D eigenvalue weighted by atomic mass is 10.2. The molecule has 1 heterocycles. The van der Waals surface area contributed by atoms with Gasteiger partial charge >= 0.3 is 0 Å². The van der Waals surface area contributed by atoms with Gasteiger partial charge in [0.15, 0.2) is 5.43 Å². The van der Waals surface area contributed by atoms with E-state index < -0.39 is 0 Å². The number of hydrogen-bond donors (Lipinski definition) is 0. The summed E-state index contributed by atoms with van der Waals surface area (Å²) in [7, 11) is 0. The molecule has 82 valence electrons. The lowest BCUT2D eigenvalue weighted by molar-refractivity contribution is 0.551. The highest BCUT2D eigenvalue weighted by atomic mass is 16.3. The van der Waals surface area contributed by atoms with E-state index in [4.69, 9.17) is 4.42 Å². The minimum atomic E-state index is 0.0269. The number of para-hydroxylation sites is 1. The SMILES string of the molecule is CC(C)=CCc1cc(=O)c2ccccc2o1. The van der Waals surface area contributed by atoms with Crippen LogP contribution in [0.5, 0.6) is 0 Å². The van der Waals surface area contributed by atoms with Crippen molar-refractivity contribution in [3.8, 4) is 0 Å². The van der Waals surface area contributed by atoms with E-state index in [-0.39, 0.29) is 5.43 Å². The molecule has 0 spiro atoms. The summed E-state index contributed by atoms with van der Waals surface area (Å²) in [5, 5.41) is 0.642. The molecule has 0 unspecified atom stereocenters. The van der Waals surface area contributed by atoms with Crippen molar-refractivity contribution in [2.75, 3.05) is 0 Å². The monoisotopic (exact) mass is 214 g/mol. The van der Waals surface area contributed by atoms with Gasteiger partial charge in [0.25, 0.3) is 0 Å². The summed E-state index contributed by atoms with van der Waals surface area (Å²) in [6.45, 7) is 4.05. The van der Waals surface area contributed by atoms with E-state index in [0.717, 1.165) is 0 Å². The van der Waals surface area contributed by atoms with Gasteiger partial charge in [0.1, 0.15) is 11.3 Å². The Morgan fingerprint density at radius 1 is 1.31 bits per heavy atom. The maximum Gasteiger partial charge on any atom is 0.192 e. The zero-order valence-corrected chi connectivity index (χ0v) is 9.49. The topological polar surface area (TPSA) is 30.2 Å². The lowest BCUT2D eigenvalue weighted by Crippen LogP contribution is -2.01. The molecule has 0 bridgehead atoms. The predicted octanol–water partition coefficient (Wildman–Crippen LogP) is 3.30. The summed E-state index contributed by atoms with van der Waals surface area (Å²) in [5.41, 5.74) is 1.90. The maximum atomic E-state index is 11.8. The molecule has 0 atom stereocenters. The normalized spacial score (nSPS) is 10.4. The predicted molar refractivity (Wildman–Crippen MR) is 65.6 cm³/mol. The van der Waals surface area contributed by atoms with Crippen LogP contribution in [0, 0.1) is 0 Å².